The van der Waals surface area contributed by atoms with Crippen LogP contribution in [0.25, 0.3) is 0 Å². The average molecular weight is 245 g/mol. The van der Waals surface area contributed by atoms with Gasteiger partial charge in [-0.25, -0.2) is 0 Å². The number of aromatic nitrogens is 2. The van der Waals surface area contributed by atoms with Crippen molar-refractivity contribution < 1.29 is 9.26 Å². The maximum Gasteiger partial charge on any atom is 0.226 e. The molecule has 5 heteroatoms. The number of alkyl halides is 1. The Hall–Kier alpha value is -0.610. The Balaban J connectivity index is 1.78. The summed E-state index contributed by atoms with van der Waals surface area (Å²) < 4.78 is 10.6. The van der Waals surface area contributed by atoms with Crippen molar-refractivity contribution in [3.8, 4) is 0 Å². The van der Waals surface area contributed by atoms with Gasteiger partial charge in [-0.1, -0.05) is 5.16 Å². The monoisotopic (exact) mass is 244 g/mol. The molecule has 1 aliphatic carbocycles. The van der Waals surface area contributed by atoms with E-state index < -0.39 is 0 Å². The topological polar surface area (TPSA) is 48.2 Å². The molecule has 1 aromatic rings. The molecule has 1 saturated carbocycles. The first-order valence-electron chi connectivity index (χ1n) is 5.77. The zero-order valence-corrected chi connectivity index (χ0v) is 10.4. The maximum atomic E-state index is 5.86. The second-order valence-corrected chi connectivity index (χ2v) is 4.94. The van der Waals surface area contributed by atoms with Gasteiger partial charge in [-0.3, -0.25) is 0 Å². The normalized spacial score (nSPS) is 26.4. The van der Waals surface area contributed by atoms with Crippen LogP contribution in [0, 0.1) is 5.92 Å². The van der Waals surface area contributed by atoms with Gasteiger partial charge in [-0.05, 0) is 32.6 Å². The van der Waals surface area contributed by atoms with Crippen LogP contribution >= 0.6 is 11.6 Å². The van der Waals surface area contributed by atoms with Gasteiger partial charge in [0.15, 0.2) is 5.82 Å². The highest BCUT2D eigenvalue weighted by Gasteiger charge is 2.31. The summed E-state index contributed by atoms with van der Waals surface area (Å²) in [6.45, 7) is 4.66. The second kappa shape index (κ2) is 5.15. The van der Waals surface area contributed by atoms with E-state index in [0.29, 0.717) is 23.7 Å². The Kier molecular flexibility index (Phi) is 3.82. The molecule has 1 unspecified atom stereocenters. The molecule has 4 nitrogen and oxygen atoms in total. The molecule has 2 rings (SSSR count). The van der Waals surface area contributed by atoms with Crippen LogP contribution in [0.4, 0.5) is 0 Å². The van der Waals surface area contributed by atoms with Gasteiger partial charge in [0.2, 0.25) is 5.89 Å². The molecule has 0 N–H and O–H groups in total. The second-order valence-electron chi connectivity index (χ2n) is 4.28. The number of nitrogens with zero attached hydrogens (tertiary/aromatic N) is 2. The number of hydrogen-bond acceptors (Lipinski definition) is 4. The molecule has 0 saturated heterocycles. The van der Waals surface area contributed by atoms with Crippen molar-refractivity contribution in [3.63, 3.8) is 0 Å². The Morgan fingerprint density at radius 3 is 2.88 bits per heavy atom. The number of rotatable bonds is 5. The highest BCUT2D eigenvalue weighted by Crippen LogP contribution is 2.32. The molecule has 0 aliphatic heterocycles. The molecular formula is C11H17ClN2O2. The van der Waals surface area contributed by atoms with E-state index in [0.717, 1.165) is 25.9 Å². The summed E-state index contributed by atoms with van der Waals surface area (Å²) in [5, 5.41) is 3.65. The molecule has 1 aliphatic rings. The van der Waals surface area contributed by atoms with Crippen molar-refractivity contribution in [1.29, 1.82) is 0 Å². The molecule has 90 valence electrons. The van der Waals surface area contributed by atoms with Crippen molar-refractivity contribution in [2.45, 2.75) is 44.6 Å². The summed E-state index contributed by atoms with van der Waals surface area (Å²) in [4.78, 5) is 4.25. The Morgan fingerprint density at radius 2 is 2.31 bits per heavy atom. The van der Waals surface area contributed by atoms with Gasteiger partial charge in [-0.2, -0.15) is 4.98 Å². The summed E-state index contributed by atoms with van der Waals surface area (Å²) >= 11 is 5.86. The van der Waals surface area contributed by atoms with Crippen LogP contribution in [0.5, 0.6) is 0 Å². The average Bonchev–Trinajstić information content (AvgIpc) is 2.63. The van der Waals surface area contributed by atoms with Crippen molar-refractivity contribution in [2.75, 3.05) is 6.61 Å². The fourth-order valence-electron chi connectivity index (χ4n) is 1.97. The van der Waals surface area contributed by atoms with E-state index in [1.807, 2.05) is 13.8 Å². The zero-order valence-electron chi connectivity index (χ0n) is 9.65. The third-order valence-corrected chi connectivity index (χ3v) is 3.09. The molecular weight excluding hydrogens is 228 g/mol. The molecule has 0 amide bonds. The first-order valence-corrected chi connectivity index (χ1v) is 6.20. The van der Waals surface area contributed by atoms with E-state index in [1.165, 1.54) is 0 Å². The molecule has 16 heavy (non-hydrogen) atoms. The number of hydrogen-bond donors (Lipinski definition) is 0. The molecule has 1 fully saturated rings. The molecule has 1 heterocycles. The maximum absolute atomic E-state index is 5.86. The van der Waals surface area contributed by atoms with Crippen LogP contribution < -0.4 is 0 Å². The van der Waals surface area contributed by atoms with Crippen molar-refractivity contribution >= 4 is 11.6 Å². The first kappa shape index (κ1) is 11.9. The Morgan fingerprint density at radius 1 is 1.56 bits per heavy atom. The molecule has 0 aromatic carbocycles. The number of halogens is 1. The Bertz CT molecular complexity index is 334. The van der Waals surface area contributed by atoms with Gasteiger partial charge < -0.3 is 9.26 Å². The van der Waals surface area contributed by atoms with Gasteiger partial charge in [0.1, 0.15) is 0 Å². The summed E-state index contributed by atoms with van der Waals surface area (Å²) in [6, 6.07) is 0. The minimum Gasteiger partial charge on any atom is -0.378 e. The minimum atomic E-state index is -0.185. The van der Waals surface area contributed by atoms with Gasteiger partial charge in [0.05, 0.1) is 11.5 Å². The minimum absolute atomic E-state index is 0.185. The molecule has 0 spiro atoms. The lowest BCUT2D eigenvalue weighted by Crippen LogP contribution is -2.32. The molecule has 0 radical (unpaired) electrons. The van der Waals surface area contributed by atoms with Gasteiger partial charge in [0.25, 0.3) is 0 Å². The fourth-order valence-corrected chi connectivity index (χ4v) is 2.06. The van der Waals surface area contributed by atoms with E-state index in [-0.39, 0.29) is 5.38 Å². The smallest absolute Gasteiger partial charge is 0.226 e. The van der Waals surface area contributed by atoms with E-state index >= 15 is 0 Å². The quantitative estimate of drug-likeness (QED) is 0.748. The predicted molar refractivity (Wildman–Crippen MR) is 60.4 cm³/mol. The van der Waals surface area contributed by atoms with Gasteiger partial charge in [0, 0.05) is 13.0 Å². The van der Waals surface area contributed by atoms with Crippen LogP contribution in [0.1, 0.15) is 43.8 Å². The van der Waals surface area contributed by atoms with E-state index in [9.17, 15) is 0 Å². The summed E-state index contributed by atoms with van der Waals surface area (Å²) in [7, 11) is 0. The Labute approximate surface area is 100 Å². The van der Waals surface area contributed by atoms with Crippen LogP contribution in [0.3, 0.4) is 0 Å². The molecule has 1 aromatic heterocycles. The van der Waals surface area contributed by atoms with Crippen LogP contribution in [0.15, 0.2) is 4.52 Å². The summed E-state index contributed by atoms with van der Waals surface area (Å²) in [5.74, 6) is 1.90. The van der Waals surface area contributed by atoms with E-state index in [4.69, 9.17) is 20.9 Å². The number of ether oxygens (including phenoxy) is 1. The zero-order chi connectivity index (χ0) is 11.5. The lowest BCUT2D eigenvalue weighted by atomic mass is 9.80. The van der Waals surface area contributed by atoms with Crippen LogP contribution in [0.2, 0.25) is 0 Å². The highest BCUT2D eigenvalue weighted by molar-refractivity contribution is 6.20. The molecule has 1 atom stereocenters. The van der Waals surface area contributed by atoms with E-state index in [1.54, 1.807) is 0 Å². The van der Waals surface area contributed by atoms with Crippen LogP contribution in [-0.2, 0) is 11.2 Å². The largest absolute Gasteiger partial charge is 0.378 e. The third-order valence-electron chi connectivity index (χ3n) is 2.90. The standard InChI is InChI=1S/C11H17ClN2O2/c1-3-15-9-4-8(5-9)6-10-13-11(7(2)12)14-16-10/h7-9H,3-6H2,1-2H3. The van der Waals surface area contributed by atoms with Gasteiger partial charge >= 0.3 is 0 Å². The van der Waals surface area contributed by atoms with Crippen LogP contribution in [-0.4, -0.2) is 22.9 Å². The van der Waals surface area contributed by atoms with Crippen molar-refractivity contribution in [2.24, 2.45) is 5.92 Å². The molecule has 0 bridgehead atoms. The van der Waals surface area contributed by atoms with Crippen molar-refractivity contribution in [1.82, 2.24) is 10.1 Å². The van der Waals surface area contributed by atoms with Gasteiger partial charge in [-0.15, -0.1) is 11.6 Å². The highest BCUT2D eigenvalue weighted by atomic mass is 35.5. The van der Waals surface area contributed by atoms with E-state index in [2.05, 4.69) is 10.1 Å². The predicted octanol–water partition coefficient (Wildman–Crippen LogP) is 2.73. The van der Waals surface area contributed by atoms with Crippen molar-refractivity contribution in [3.05, 3.63) is 11.7 Å². The summed E-state index contributed by atoms with van der Waals surface area (Å²) in [5.41, 5.74) is 0. The first-order chi connectivity index (χ1) is 7.69. The lowest BCUT2D eigenvalue weighted by Gasteiger charge is -2.33. The lowest BCUT2D eigenvalue weighted by molar-refractivity contribution is -0.0258. The summed E-state index contributed by atoms with van der Waals surface area (Å²) in [6.07, 6.45) is 3.48. The third kappa shape index (κ3) is 2.74. The SMILES string of the molecule is CCOC1CC(Cc2nc(C(C)Cl)no2)C1. The fraction of sp³-hybridized carbons (Fsp3) is 0.818.